The molecule has 0 atom stereocenters. The van der Waals surface area contributed by atoms with Crippen molar-refractivity contribution in [3.05, 3.63) is 57.4 Å². The van der Waals surface area contributed by atoms with E-state index in [-0.39, 0.29) is 5.56 Å². The Labute approximate surface area is 136 Å². The van der Waals surface area contributed by atoms with E-state index in [9.17, 15) is 4.79 Å². The molecule has 114 valence electrons. The summed E-state index contributed by atoms with van der Waals surface area (Å²) in [5.41, 5.74) is 2.48. The topological polar surface area (TPSA) is 63.0 Å². The molecule has 0 unspecified atom stereocenters. The number of thioether (sulfide) groups is 1. The van der Waals surface area contributed by atoms with E-state index < -0.39 is 0 Å². The number of hydrogen-bond acceptors (Lipinski definition) is 4. The lowest BCUT2D eigenvalue weighted by Gasteiger charge is -2.01. The van der Waals surface area contributed by atoms with Crippen LogP contribution in [0.15, 0.2) is 40.5 Å². The van der Waals surface area contributed by atoms with Gasteiger partial charge in [-0.3, -0.25) is 4.79 Å². The Kier molecular flexibility index (Phi) is 4.49. The van der Waals surface area contributed by atoms with Gasteiger partial charge in [0, 0.05) is 29.9 Å². The maximum Gasteiger partial charge on any atom is 0.251 e. The number of rotatable bonds is 5. The van der Waals surface area contributed by atoms with Crippen LogP contribution in [-0.2, 0) is 12.2 Å². The van der Waals surface area contributed by atoms with Crippen molar-refractivity contribution in [2.45, 2.75) is 30.7 Å². The maximum atomic E-state index is 11.6. The summed E-state index contributed by atoms with van der Waals surface area (Å²) in [6.07, 6.45) is 5.53. The lowest BCUT2D eigenvalue weighted by Crippen LogP contribution is -2.09. The van der Waals surface area contributed by atoms with Crippen LogP contribution in [0, 0.1) is 0 Å². The summed E-state index contributed by atoms with van der Waals surface area (Å²) in [4.78, 5) is 23.4. The van der Waals surface area contributed by atoms with Gasteiger partial charge in [0.25, 0.3) is 5.56 Å². The van der Waals surface area contributed by atoms with Gasteiger partial charge in [-0.15, -0.1) is 0 Å². The van der Waals surface area contributed by atoms with E-state index >= 15 is 0 Å². The average molecular weight is 335 g/mol. The first kappa shape index (κ1) is 15.1. The quantitative estimate of drug-likeness (QED) is 0.574. The largest absolute Gasteiger partial charge is 0.305 e. The number of nitrogens with one attached hydrogen (secondary N) is 1. The van der Waals surface area contributed by atoms with Gasteiger partial charge >= 0.3 is 0 Å². The first-order valence-electron chi connectivity index (χ1n) is 7.00. The van der Waals surface area contributed by atoms with Crippen LogP contribution in [0.2, 0.25) is 5.02 Å². The van der Waals surface area contributed by atoms with Gasteiger partial charge in [0.05, 0.1) is 10.7 Å². The summed E-state index contributed by atoms with van der Waals surface area (Å²) in [6.45, 7) is 2.07. The fourth-order valence-corrected chi connectivity index (χ4v) is 3.11. The second-order valence-electron chi connectivity index (χ2n) is 4.93. The standard InChI is InChI=1S/C15H15ClN4OS/c1-2-3-11-6-14(21)19-15(18-11)22-9-12-8-20-7-10(16)4-5-13(20)17-12/h4-8H,2-3,9H2,1H3,(H,18,19,21). The first-order chi connectivity index (χ1) is 10.6. The number of fused-ring (bicyclic) bond motifs is 1. The van der Waals surface area contributed by atoms with Gasteiger partial charge in [-0.05, 0) is 18.6 Å². The third kappa shape index (κ3) is 3.51. The number of nitrogens with zero attached hydrogens (tertiary/aromatic N) is 3. The molecule has 0 bridgehead atoms. The van der Waals surface area contributed by atoms with Gasteiger partial charge in [-0.25, -0.2) is 9.97 Å². The Hall–Kier alpha value is -1.79. The predicted octanol–water partition coefficient (Wildman–Crippen LogP) is 3.32. The molecular weight excluding hydrogens is 320 g/mol. The van der Waals surface area contributed by atoms with Crippen molar-refractivity contribution >= 4 is 29.0 Å². The molecule has 22 heavy (non-hydrogen) atoms. The molecule has 0 radical (unpaired) electrons. The minimum absolute atomic E-state index is 0.109. The molecule has 0 aromatic carbocycles. The van der Waals surface area contributed by atoms with Crippen molar-refractivity contribution in [1.82, 2.24) is 19.4 Å². The van der Waals surface area contributed by atoms with Gasteiger partial charge in [0.1, 0.15) is 5.65 Å². The highest BCUT2D eigenvalue weighted by Crippen LogP contribution is 2.19. The lowest BCUT2D eigenvalue weighted by molar-refractivity contribution is 0.815. The number of imidazole rings is 1. The van der Waals surface area contributed by atoms with Crippen molar-refractivity contribution in [2.24, 2.45) is 0 Å². The first-order valence-corrected chi connectivity index (χ1v) is 8.36. The molecule has 7 heteroatoms. The van der Waals surface area contributed by atoms with Gasteiger partial charge in [0.15, 0.2) is 5.16 Å². The molecule has 0 spiro atoms. The summed E-state index contributed by atoms with van der Waals surface area (Å²) in [5.74, 6) is 0.637. The average Bonchev–Trinajstić information content (AvgIpc) is 2.87. The van der Waals surface area contributed by atoms with Crippen LogP contribution in [0.5, 0.6) is 0 Å². The summed E-state index contributed by atoms with van der Waals surface area (Å²) >= 11 is 7.43. The molecule has 1 N–H and O–H groups in total. The van der Waals surface area contributed by atoms with Crippen LogP contribution in [0.1, 0.15) is 24.7 Å². The van der Waals surface area contributed by atoms with E-state index in [1.54, 1.807) is 6.07 Å². The van der Waals surface area contributed by atoms with E-state index in [1.807, 2.05) is 28.9 Å². The summed E-state index contributed by atoms with van der Waals surface area (Å²) in [7, 11) is 0. The summed E-state index contributed by atoms with van der Waals surface area (Å²) < 4.78 is 1.89. The fraction of sp³-hybridized carbons (Fsp3) is 0.267. The number of aromatic nitrogens is 4. The number of aromatic amines is 1. The van der Waals surface area contributed by atoms with E-state index in [1.165, 1.54) is 11.8 Å². The Balaban J connectivity index is 1.77. The van der Waals surface area contributed by atoms with E-state index in [0.29, 0.717) is 15.9 Å². The van der Waals surface area contributed by atoms with Crippen LogP contribution in [0.25, 0.3) is 5.65 Å². The van der Waals surface area contributed by atoms with Crippen molar-refractivity contribution in [3.63, 3.8) is 0 Å². The Morgan fingerprint density at radius 1 is 1.27 bits per heavy atom. The van der Waals surface area contributed by atoms with Crippen molar-refractivity contribution < 1.29 is 0 Å². The molecular formula is C15H15ClN4OS. The van der Waals surface area contributed by atoms with Crippen molar-refractivity contribution in [1.29, 1.82) is 0 Å². The van der Waals surface area contributed by atoms with Crippen LogP contribution < -0.4 is 5.56 Å². The third-order valence-electron chi connectivity index (χ3n) is 3.10. The Morgan fingerprint density at radius 3 is 2.95 bits per heavy atom. The third-order valence-corrected chi connectivity index (χ3v) is 4.23. The summed E-state index contributed by atoms with van der Waals surface area (Å²) in [5, 5.41) is 1.30. The summed E-state index contributed by atoms with van der Waals surface area (Å²) in [6, 6.07) is 5.24. The normalized spacial score (nSPS) is 11.2. The van der Waals surface area contributed by atoms with E-state index in [2.05, 4.69) is 21.9 Å². The maximum absolute atomic E-state index is 11.6. The lowest BCUT2D eigenvalue weighted by atomic mass is 10.2. The molecule has 0 aliphatic rings. The minimum atomic E-state index is -0.109. The zero-order chi connectivity index (χ0) is 15.5. The van der Waals surface area contributed by atoms with Crippen LogP contribution in [0.3, 0.4) is 0 Å². The van der Waals surface area contributed by atoms with Gasteiger partial charge in [-0.1, -0.05) is 36.7 Å². The SMILES string of the molecule is CCCc1cc(=O)[nH]c(SCc2cn3cc(Cl)ccc3n2)n1. The zero-order valence-corrected chi connectivity index (χ0v) is 13.6. The molecule has 0 aliphatic carbocycles. The highest BCUT2D eigenvalue weighted by molar-refractivity contribution is 7.98. The van der Waals surface area contributed by atoms with Gasteiger partial charge < -0.3 is 9.38 Å². The molecule has 5 nitrogen and oxygen atoms in total. The molecule has 0 fully saturated rings. The predicted molar refractivity (Wildman–Crippen MR) is 88.6 cm³/mol. The molecule has 0 amide bonds. The monoisotopic (exact) mass is 334 g/mol. The second kappa shape index (κ2) is 6.54. The minimum Gasteiger partial charge on any atom is -0.305 e. The van der Waals surface area contributed by atoms with E-state index in [4.69, 9.17) is 11.6 Å². The number of hydrogen-bond donors (Lipinski definition) is 1. The van der Waals surface area contributed by atoms with Gasteiger partial charge in [-0.2, -0.15) is 0 Å². The molecule has 3 aromatic heterocycles. The molecule has 0 aliphatic heterocycles. The highest BCUT2D eigenvalue weighted by Gasteiger charge is 2.06. The van der Waals surface area contributed by atoms with Crippen molar-refractivity contribution in [2.75, 3.05) is 0 Å². The zero-order valence-electron chi connectivity index (χ0n) is 12.0. The molecule has 3 heterocycles. The number of aryl methyl sites for hydroxylation is 1. The fourth-order valence-electron chi connectivity index (χ4n) is 2.17. The number of halogens is 1. The smallest absolute Gasteiger partial charge is 0.251 e. The molecule has 0 saturated heterocycles. The van der Waals surface area contributed by atoms with Crippen molar-refractivity contribution in [3.8, 4) is 0 Å². The van der Waals surface area contributed by atoms with Gasteiger partial charge in [0.2, 0.25) is 0 Å². The molecule has 3 aromatic rings. The highest BCUT2D eigenvalue weighted by atomic mass is 35.5. The molecule has 3 rings (SSSR count). The second-order valence-corrected chi connectivity index (χ2v) is 6.33. The molecule has 0 saturated carbocycles. The number of pyridine rings is 1. The Bertz CT molecular complexity index is 858. The van der Waals surface area contributed by atoms with Crippen LogP contribution >= 0.6 is 23.4 Å². The van der Waals surface area contributed by atoms with Crippen LogP contribution in [0.4, 0.5) is 0 Å². The number of H-pyrrole nitrogens is 1. The van der Waals surface area contributed by atoms with Crippen LogP contribution in [-0.4, -0.2) is 19.4 Å². The Morgan fingerprint density at radius 2 is 2.14 bits per heavy atom. The van der Waals surface area contributed by atoms with E-state index in [0.717, 1.165) is 29.9 Å².